The van der Waals surface area contributed by atoms with Gasteiger partial charge in [0, 0.05) is 11.1 Å². The second kappa shape index (κ2) is 4.66. The molecule has 1 nitrogen and oxygen atoms in total. The van der Waals surface area contributed by atoms with Crippen LogP contribution in [0.25, 0.3) is 0 Å². The summed E-state index contributed by atoms with van der Waals surface area (Å²) in [5.74, 6) is 0. The highest BCUT2D eigenvalue weighted by Crippen LogP contribution is 2.55. The lowest BCUT2D eigenvalue weighted by atomic mass is 9.65. The van der Waals surface area contributed by atoms with Gasteiger partial charge in [0.25, 0.3) is 0 Å². The number of benzene rings is 2. The summed E-state index contributed by atoms with van der Waals surface area (Å²) in [6, 6.07) is 20.4. The van der Waals surface area contributed by atoms with Crippen LogP contribution in [0.5, 0.6) is 0 Å². The Labute approximate surface area is 121 Å². The van der Waals surface area contributed by atoms with E-state index in [0.29, 0.717) is 11.5 Å². The molecule has 1 atom stereocenters. The first kappa shape index (κ1) is 12.0. The Hall–Kier alpha value is -1.76. The molecule has 1 heteroatoms. The lowest BCUT2D eigenvalue weighted by Crippen LogP contribution is -2.34. The van der Waals surface area contributed by atoms with Crippen LogP contribution in [0.15, 0.2) is 54.6 Å². The molecule has 0 saturated heterocycles. The van der Waals surface area contributed by atoms with Crippen LogP contribution in [-0.4, -0.2) is 0 Å². The van der Waals surface area contributed by atoms with E-state index in [2.05, 4.69) is 59.9 Å². The summed E-state index contributed by atoms with van der Waals surface area (Å²) in [7, 11) is 0. The standard InChI is InChI=1S/C19H21N/c1-3-9-15(10-4-1)18-19(13-7-2-8-14-19)16-11-5-6-12-17(16)20-18/h1,3-6,9-12,18,20H,2,7-8,13-14H2/t18-/m1/s1. The van der Waals surface area contributed by atoms with Crippen molar-refractivity contribution in [2.45, 2.75) is 43.6 Å². The molecule has 4 rings (SSSR count). The molecule has 0 aromatic heterocycles. The highest BCUT2D eigenvalue weighted by Gasteiger charge is 2.47. The monoisotopic (exact) mass is 263 g/mol. The van der Waals surface area contributed by atoms with Crippen molar-refractivity contribution in [2.24, 2.45) is 0 Å². The van der Waals surface area contributed by atoms with Gasteiger partial charge >= 0.3 is 0 Å². The second-order valence-electron chi connectivity index (χ2n) is 6.25. The number of rotatable bonds is 1. The summed E-state index contributed by atoms with van der Waals surface area (Å²) in [6.07, 6.45) is 6.75. The van der Waals surface area contributed by atoms with Crippen molar-refractivity contribution in [2.75, 3.05) is 5.32 Å². The van der Waals surface area contributed by atoms with E-state index < -0.39 is 0 Å². The number of hydrogen-bond donors (Lipinski definition) is 1. The van der Waals surface area contributed by atoms with E-state index in [-0.39, 0.29) is 0 Å². The summed E-state index contributed by atoms with van der Waals surface area (Å²) < 4.78 is 0. The molecule has 1 aliphatic carbocycles. The maximum atomic E-state index is 3.81. The maximum absolute atomic E-state index is 3.81. The zero-order valence-electron chi connectivity index (χ0n) is 11.8. The molecule has 0 radical (unpaired) electrons. The molecule has 1 fully saturated rings. The van der Waals surface area contributed by atoms with Gasteiger partial charge in [-0.05, 0) is 30.0 Å². The summed E-state index contributed by atoms with van der Waals surface area (Å²) in [5.41, 5.74) is 4.65. The van der Waals surface area contributed by atoms with Crippen LogP contribution in [-0.2, 0) is 5.41 Å². The Balaban J connectivity index is 1.84. The molecule has 0 unspecified atom stereocenters. The van der Waals surface area contributed by atoms with Gasteiger partial charge in [-0.2, -0.15) is 0 Å². The van der Waals surface area contributed by atoms with E-state index in [1.807, 2.05) is 0 Å². The molecular weight excluding hydrogens is 242 g/mol. The van der Waals surface area contributed by atoms with Crippen LogP contribution in [0.1, 0.15) is 49.3 Å². The number of para-hydroxylation sites is 1. The van der Waals surface area contributed by atoms with Gasteiger partial charge in [-0.1, -0.05) is 67.8 Å². The molecule has 2 aliphatic rings. The smallest absolute Gasteiger partial charge is 0.0611 e. The van der Waals surface area contributed by atoms with E-state index in [4.69, 9.17) is 0 Å². The van der Waals surface area contributed by atoms with Crippen molar-refractivity contribution in [3.63, 3.8) is 0 Å². The Morgan fingerprint density at radius 1 is 0.800 bits per heavy atom. The third kappa shape index (κ3) is 1.69. The van der Waals surface area contributed by atoms with Gasteiger partial charge in [0.1, 0.15) is 0 Å². The van der Waals surface area contributed by atoms with Crippen molar-refractivity contribution < 1.29 is 0 Å². The summed E-state index contributed by atoms with van der Waals surface area (Å²) in [5, 5.41) is 3.81. The molecule has 1 N–H and O–H groups in total. The van der Waals surface area contributed by atoms with Crippen molar-refractivity contribution in [1.82, 2.24) is 0 Å². The van der Waals surface area contributed by atoms with Gasteiger partial charge in [0.15, 0.2) is 0 Å². The van der Waals surface area contributed by atoms with Crippen molar-refractivity contribution in [3.8, 4) is 0 Å². The lowest BCUT2D eigenvalue weighted by molar-refractivity contribution is 0.270. The minimum Gasteiger partial charge on any atom is -0.377 e. The van der Waals surface area contributed by atoms with Gasteiger partial charge in [0.05, 0.1) is 6.04 Å². The first-order chi connectivity index (χ1) is 9.90. The van der Waals surface area contributed by atoms with Crippen molar-refractivity contribution in [1.29, 1.82) is 0 Å². The summed E-state index contributed by atoms with van der Waals surface area (Å²) >= 11 is 0. The Bertz CT molecular complexity index is 596. The third-order valence-corrected chi connectivity index (χ3v) is 5.19. The molecule has 1 saturated carbocycles. The minimum atomic E-state index is 0.316. The van der Waals surface area contributed by atoms with Crippen LogP contribution in [0, 0.1) is 0 Å². The Morgan fingerprint density at radius 2 is 1.50 bits per heavy atom. The first-order valence-corrected chi connectivity index (χ1v) is 7.81. The van der Waals surface area contributed by atoms with Crippen LogP contribution in [0.4, 0.5) is 5.69 Å². The van der Waals surface area contributed by atoms with Crippen molar-refractivity contribution in [3.05, 3.63) is 65.7 Å². The number of anilines is 1. The van der Waals surface area contributed by atoms with Crippen molar-refractivity contribution >= 4 is 5.69 Å². The van der Waals surface area contributed by atoms with Crippen LogP contribution < -0.4 is 5.32 Å². The molecule has 1 aliphatic heterocycles. The number of fused-ring (bicyclic) bond motifs is 2. The molecule has 0 bridgehead atoms. The quantitative estimate of drug-likeness (QED) is 0.758. The lowest BCUT2D eigenvalue weighted by Gasteiger charge is -2.39. The number of nitrogens with one attached hydrogen (secondary N) is 1. The van der Waals surface area contributed by atoms with Gasteiger partial charge in [0.2, 0.25) is 0 Å². The van der Waals surface area contributed by atoms with Gasteiger partial charge in [-0.25, -0.2) is 0 Å². The molecule has 0 amide bonds. The molecule has 102 valence electrons. The van der Waals surface area contributed by atoms with E-state index in [0.717, 1.165) is 0 Å². The van der Waals surface area contributed by atoms with E-state index in [1.165, 1.54) is 43.4 Å². The van der Waals surface area contributed by atoms with Crippen LogP contribution in [0.3, 0.4) is 0 Å². The summed E-state index contributed by atoms with van der Waals surface area (Å²) in [4.78, 5) is 0. The molecular formula is C19H21N. The van der Waals surface area contributed by atoms with Gasteiger partial charge in [-0.15, -0.1) is 0 Å². The normalized spacial score (nSPS) is 23.3. The fourth-order valence-electron chi connectivity index (χ4n) is 4.28. The molecule has 2 aromatic carbocycles. The largest absolute Gasteiger partial charge is 0.377 e. The summed E-state index contributed by atoms with van der Waals surface area (Å²) in [6.45, 7) is 0. The van der Waals surface area contributed by atoms with Crippen LogP contribution >= 0.6 is 0 Å². The zero-order chi connectivity index (χ0) is 13.4. The average molecular weight is 263 g/mol. The minimum absolute atomic E-state index is 0.316. The predicted molar refractivity (Wildman–Crippen MR) is 84.0 cm³/mol. The molecule has 20 heavy (non-hydrogen) atoms. The average Bonchev–Trinajstić information content (AvgIpc) is 2.84. The second-order valence-corrected chi connectivity index (χ2v) is 6.25. The topological polar surface area (TPSA) is 12.0 Å². The van der Waals surface area contributed by atoms with Gasteiger partial charge < -0.3 is 5.32 Å². The molecule has 1 heterocycles. The maximum Gasteiger partial charge on any atom is 0.0611 e. The van der Waals surface area contributed by atoms with E-state index in [1.54, 1.807) is 5.56 Å². The van der Waals surface area contributed by atoms with E-state index in [9.17, 15) is 0 Å². The van der Waals surface area contributed by atoms with Crippen LogP contribution in [0.2, 0.25) is 0 Å². The Kier molecular flexibility index (Phi) is 2.80. The third-order valence-electron chi connectivity index (χ3n) is 5.19. The fourth-order valence-corrected chi connectivity index (χ4v) is 4.28. The predicted octanol–water partition coefficient (Wildman–Crippen LogP) is 5.06. The Morgan fingerprint density at radius 3 is 2.30 bits per heavy atom. The fraction of sp³-hybridized carbons (Fsp3) is 0.368. The van der Waals surface area contributed by atoms with E-state index >= 15 is 0 Å². The molecule has 2 aromatic rings. The zero-order valence-corrected chi connectivity index (χ0v) is 11.8. The molecule has 1 spiro atoms. The SMILES string of the molecule is c1ccc([C@H]2Nc3ccccc3C23CCCCC3)cc1. The highest BCUT2D eigenvalue weighted by atomic mass is 15.0. The highest BCUT2D eigenvalue weighted by molar-refractivity contribution is 5.63. The first-order valence-electron chi connectivity index (χ1n) is 7.81. The number of hydrogen-bond acceptors (Lipinski definition) is 1. The van der Waals surface area contributed by atoms with Gasteiger partial charge in [-0.3, -0.25) is 0 Å².